The summed E-state index contributed by atoms with van der Waals surface area (Å²) >= 11 is 0. The molecule has 1 rings (SSSR count). The smallest absolute Gasteiger partial charge is 0.427 e. The number of piperidine rings is 1. The van der Waals surface area contributed by atoms with Crippen molar-refractivity contribution in [1.82, 2.24) is 5.06 Å². The number of hydrogen-bond donors (Lipinski definition) is 0. The molecule has 1 aliphatic rings. The molecule has 18 heavy (non-hydrogen) atoms. The van der Waals surface area contributed by atoms with Crippen LogP contribution in [0.25, 0.3) is 0 Å². The average Bonchev–Trinajstić information content (AvgIpc) is 2.17. The molecule has 1 heterocycles. The monoisotopic (exact) mass is 257 g/mol. The molecular weight excluding hydrogens is 238 g/mol. The van der Waals surface area contributed by atoms with Crippen molar-refractivity contribution < 1.29 is 24.0 Å². The molecule has 1 atom stereocenters. The van der Waals surface area contributed by atoms with E-state index in [9.17, 15) is 14.4 Å². The summed E-state index contributed by atoms with van der Waals surface area (Å²) < 4.78 is 4.99. The van der Waals surface area contributed by atoms with E-state index in [1.165, 1.54) is 12.0 Å². The number of ketones is 2. The highest BCUT2D eigenvalue weighted by molar-refractivity contribution is 6.02. The minimum Gasteiger partial charge on any atom is -0.427 e. The first-order valence-electron chi connectivity index (χ1n) is 5.88. The number of Topliss-reactive ketones (excluding diaryl/α,β-unsaturated/α-hetero) is 2. The van der Waals surface area contributed by atoms with Gasteiger partial charge in [-0.25, -0.2) is 4.79 Å². The fourth-order valence-corrected chi connectivity index (χ4v) is 1.62. The Morgan fingerprint density at radius 2 is 1.94 bits per heavy atom. The molecule has 1 saturated heterocycles. The highest BCUT2D eigenvalue weighted by Gasteiger charge is 2.33. The molecule has 1 fully saturated rings. The maximum Gasteiger partial charge on any atom is 0.528 e. The van der Waals surface area contributed by atoms with Gasteiger partial charge in [0.25, 0.3) is 0 Å². The molecule has 0 aromatic carbocycles. The van der Waals surface area contributed by atoms with Crippen molar-refractivity contribution in [1.29, 1.82) is 0 Å². The number of ether oxygens (including phenoxy) is 1. The van der Waals surface area contributed by atoms with Crippen LogP contribution >= 0.6 is 0 Å². The van der Waals surface area contributed by atoms with E-state index < -0.39 is 17.7 Å². The molecule has 0 aliphatic carbocycles. The Hall–Kier alpha value is -1.43. The number of carbonyl (C=O) groups excluding carboxylic acids is 3. The topological polar surface area (TPSA) is 72.9 Å². The maximum atomic E-state index is 11.5. The Kier molecular flexibility index (Phi) is 4.45. The molecule has 0 aromatic heterocycles. The van der Waals surface area contributed by atoms with Crippen LogP contribution in [-0.4, -0.2) is 41.5 Å². The summed E-state index contributed by atoms with van der Waals surface area (Å²) in [5.41, 5.74) is -0.636. The molecule has 6 heteroatoms. The summed E-state index contributed by atoms with van der Waals surface area (Å²) in [5, 5.41) is 1.31. The molecule has 0 amide bonds. The number of rotatable bonds is 2. The lowest BCUT2D eigenvalue weighted by molar-refractivity contribution is -0.169. The summed E-state index contributed by atoms with van der Waals surface area (Å²) in [4.78, 5) is 39.1. The highest BCUT2D eigenvalue weighted by Crippen LogP contribution is 2.16. The third-order valence-electron chi connectivity index (χ3n) is 2.47. The first-order chi connectivity index (χ1) is 8.19. The van der Waals surface area contributed by atoms with Crippen LogP contribution in [0.2, 0.25) is 0 Å². The van der Waals surface area contributed by atoms with Gasteiger partial charge in [0, 0.05) is 13.0 Å². The molecule has 0 spiro atoms. The standard InChI is InChI=1S/C12H19NO5/c1-8(14)9-7-13(6-5-10(9)15)18-11(16)17-12(2,3)4/h9H,5-7H2,1-4H3. The molecule has 102 valence electrons. The number of carbonyl (C=O) groups is 3. The van der Waals surface area contributed by atoms with Crippen LogP contribution in [0.15, 0.2) is 0 Å². The third kappa shape index (κ3) is 4.44. The van der Waals surface area contributed by atoms with E-state index in [-0.39, 0.29) is 24.5 Å². The minimum absolute atomic E-state index is 0.105. The summed E-state index contributed by atoms with van der Waals surface area (Å²) in [5.74, 6) is -1.02. The van der Waals surface area contributed by atoms with Crippen molar-refractivity contribution in [3.05, 3.63) is 0 Å². The maximum absolute atomic E-state index is 11.5. The third-order valence-corrected chi connectivity index (χ3v) is 2.47. The van der Waals surface area contributed by atoms with Crippen molar-refractivity contribution >= 4 is 17.7 Å². The largest absolute Gasteiger partial charge is 0.528 e. The van der Waals surface area contributed by atoms with Crippen LogP contribution in [0.4, 0.5) is 4.79 Å². The van der Waals surface area contributed by atoms with Gasteiger partial charge in [0.15, 0.2) is 0 Å². The summed E-state index contributed by atoms with van der Waals surface area (Å²) in [6.07, 6.45) is -0.619. The molecule has 0 bridgehead atoms. The summed E-state index contributed by atoms with van der Waals surface area (Å²) in [7, 11) is 0. The van der Waals surface area contributed by atoms with E-state index in [4.69, 9.17) is 9.57 Å². The van der Waals surface area contributed by atoms with Crippen LogP contribution in [0.1, 0.15) is 34.1 Å². The van der Waals surface area contributed by atoms with Crippen molar-refractivity contribution in [2.45, 2.75) is 39.7 Å². The van der Waals surface area contributed by atoms with E-state index >= 15 is 0 Å². The van der Waals surface area contributed by atoms with Gasteiger partial charge in [-0.3, -0.25) is 9.59 Å². The zero-order valence-electron chi connectivity index (χ0n) is 11.2. The van der Waals surface area contributed by atoms with Gasteiger partial charge in [-0.2, -0.15) is 0 Å². The molecule has 6 nitrogen and oxygen atoms in total. The van der Waals surface area contributed by atoms with Crippen LogP contribution in [-0.2, 0) is 19.2 Å². The second-order valence-electron chi connectivity index (χ2n) is 5.32. The molecular formula is C12H19NO5. The van der Waals surface area contributed by atoms with Crippen LogP contribution in [0.3, 0.4) is 0 Å². The normalized spacial score (nSPS) is 21.6. The molecule has 0 saturated carbocycles. The van der Waals surface area contributed by atoms with Crippen molar-refractivity contribution in [2.75, 3.05) is 13.1 Å². The Labute approximate surface area is 106 Å². The van der Waals surface area contributed by atoms with Gasteiger partial charge in [0.05, 0.1) is 12.5 Å². The Bertz CT molecular complexity index is 358. The molecule has 0 radical (unpaired) electrons. The Morgan fingerprint density at radius 3 is 2.44 bits per heavy atom. The Morgan fingerprint density at radius 1 is 1.33 bits per heavy atom. The molecule has 0 aromatic rings. The first kappa shape index (κ1) is 14.6. The highest BCUT2D eigenvalue weighted by atomic mass is 16.8. The lowest BCUT2D eigenvalue weighted by Crippen LogP contribution is -2.45. The van der Waals surface area contributed by atoms with Gasteiger partial charge in [0.1, 0.15) is 17.2 Å². The van der Waals surface area contributed by atoms with Gasteiger partial charge in [0.2, 0.25) is 0 Å². The van der Waals surface area contributed by atoms with Gasteiger partial charge in [-0.05, 0) is 27.7 Å². The zero-order chi connectivity index (χ0) is 13.9. The molecule has 1 aliphatic heterocycles. The van der Waals surface area contributed by atoms with Gasteiger partial charge in [-0.15, -0.1) is 5.06 Å². The quantitative estimate of drug-likeness (QED) is 0.549. The van der Waals surface area contributed by atoms with Crippen LogP contribution < -0.4 is 0 Å². The minimum atomic E-state index is -0.820. The Balaban J connectivity index is 2.51. The van der Waals surface area contributed by atoms with E-state index in [0.29, 0.717) is 6.54 Å². The summed E-state index contributed by atoms with van der Waals surface area (Å²) in [6, 6.07) is 0. The lowest BCUT2D eigenvalue weighted by Gasteiger charge is -2.29. The number of nitrogens with zero attached hydrogens (tertiary/aromatic N) is 1. The van der Waals surface area contributed by atoms with Crippen LogP contribution in [0, 0.1) is 5.92 Å². The number of hydrogen-bond acceptors (Lipinski definition) is 6. The zero-order valence-corrected chi connectivity index (χ0v) is 11.2. The van der Waals surface area contributed by atoms with Gasteiger partial charge < -0.3 is 9.57 Å². The van der Waals surface area contributed by atoms with Crippen LogP contribution in [0.5, 0.6) is 0 Å². The first-order valence-corrected chi connectivity index (χ1v) is 5.88. The van der Waals surface area contributed by atoms with E-state index in [1.807, 2.05) is 0 Å². The van der Waals surface area contributed by atoms with Gasteiger partial charge in [-0.1, -0.05) is 0 Å². The van der Waals surface area contributed by atoms with E-state index in [1.54, 1.807) is 20.8 Å². The predicted molar refractivity (Wildman–Crippen MR) is 62.7 cm³/mol. The molecule has 0 N–H and O–H groups in total. The second kappa shape index (κ2) is 5.48. The average molecular weight is 257 g/mol. The van der Waals surface area contributed by atoms with Crippen molar-refractivity contribution in [3.8, 4) is 0 Å². The van der Waals surface area contributed by atoms with Crippen molar-refractivity contribution in [3.63, 3.8) is 0 Å². The van der Waals surface area contributed by atoms with E-state index in [0.717, 1.165) is 0 Å². The predicted octanol–water partition coefficient (Wildman–Crippen LogP) is 1.33. The number of hydroxylamine groups is 2. The SMILES string of the molecule is CC(=O)C1CN(OC(=O)OC(C)(C)C)CCC1=O. The fraction of sp³-hybridized carbons (Fsp3) is 0.750. The second-order valence-corrected chi connectivity index (χ2v) is 5.32. The molecule has 1 unspecified atom stereocenters. The summed E-state index contributed by atoms with van der Waals surface area (Å²) in [6.45, 7) is 6.94. The van der Waals surface area contributed by atoms with Crippen molar-refractivity contribution in [2.24, 2.45) is 5.92 Å². The fourth-order valence-electron chi connectivity index (χ4n) is 1.62. The lowest BCUT2D eigenvalue weighted by atomic mass is 9.94. The van der Waals surface area contributed by atoms with Gasteiger partial charge >= 0.3 is 6.16 Å². The van der Waals surface area contributed by atoms with E-state index in [2.05, 4.69) is 0 Å².